The van der Waals surface area contributed by atoms with E-state index in [0.29, 0.717) is 11.6 Å². The van der Waals surface area contributed by atoms with E-state index in [1.807, 2.05) is 5.38 Å². The fourth-order valence-corrected chi connectivity index (χ4v) is 2.51. The van der Waals surface area contributed by atoms with Crippen molar-refractivity contribution >= 4 is 17.3 Å². The van der Waals surface area contributed by atoms with Crippen LogP contribution in [0.5, 0.6) is 0 Å². The maximum Gasteiger partial charge on any atom is 0.309 e. The van der Waals surface area contributed by atoms with Crippen LogP contribution >= 0.6 is 11.3 Å². The summed E-state index contributed by atoms with van der Waals surface area (Å²) < 4.78 is 0. The smallest absolute Gasteiger partial charge is 0.309 e. The highest BCUT2D eigenvalue weighted by atomic mass is 32.1. The minimum absolute atomic E-state index is 0.0383. The van der Waals surface area contributed by atoms with E-state index in [9.17, 15) is 4.79 Å². The van der Waals surface area contributed by atoms with Crippen LogP contribution in [0.4, 0.5) is 0 Å². The lowest BCUT2D eigenvalue weighted by atomic mass is 10.1. The maximum atomic E-state index is 10.5. The second kappa shape index (κ2) is 3.92. The minimum atomic E-state index is -0.814. The average molecular weight is 209 g/mol. The molecule has 1 N–H and O–H groups in total. The molecule has 0 atom stereocenters. The van der Waals surface area contributed by atoms with Crippen molar-refractivity contribution in [2.45, 2.75) is 25.2 Å². The standard InChI is InChI=1S/C10H11NO2S/c12-9(13)5-8-6-14-10(11-8)7-3-1-2-4-7/h1-2,6-7H,3-5H2,(H,12,13). The lowest BCUT2D eigenvalue weighted by Gasteiger charge is -2.02. The lowest BCUT2D eigenvalue weighted by molar-refractivity contribution is -0.136. The molecule has 74 valence electrons. The summed E-state index contributed by atoms with van der Waals surface area (Å²) in [7, 11) is 0. The molecule has 1 aromatic rings. The summed E-state index contributed by atoms with van der Waals surface area (Å²) in [6, 6.07) is 0. The van der Waals surface area contributed by atoms with Crippen molar-refractivity contribution in [1.82, 2.24) is 4.98 Å². The van der Waals surface area contributed by atoms with Gasteiger partial charge in [0.15, 0.2) is 0 Å². The first-order valence-electron chi connectivity index (χ1n) is 4.57. The molecule has 3 nitrogen and oxygen atoms in total. The number of hydrogen-bond acceptors (Lipinski definition) is 3. The molecule has 0 fully saturated rings. The van der Waals surface area contributed by atoms with Gasteiger partial charge in [-0.25, -0.2) is 4.98 Å². The van der Waals surface area contributed by atoms with Gasteiger partial charge in [0.25, 0.3) is 0 Å². The zero-order chi connectivity index (χ0) is 9.97. The molecule has 0 bridgehead atoms. The van der Waals surface area contributed by atoms with E-state index in [1.54, 1.807) is 11.3 Å². The van der Waals surface area contributed by atoms with Gasteiger partial charge >= 0.3 is 5.97 Å². The van der Waals surface area contributed by atoms with E-state index in [0.717, 1.165) is 17.8 Å². The van der Waals surface area contributed by atoms with E-state index < -0.39 is 5.97 Å². The minimum Gasteiger partial charge on any atom is -0.481 e. The molecule has 1 aliphatic rings. The predicted molar refractivity (Wildman–Crippen MR) is 54.6 cm³/mol. The van der Waals surface area contributed by atoms with Crippen LogP contribution in [0.25, 0.3) is 0 Å². The first-order valence-corrected chi connectivity index (χ1v) is 5.45. The molecule has 0 aromatic carbocycles. The molecule has 0 radical (unpaired) electrons. The van der Waals surface area contributed by atoms with Crippen LogP contribution in [-0.2, 0) is 11.2 Å². The van der Waals surface area contributed by atoms with E-state index in [-0.39, 0.29) is 6.42 Å². The number of hydrogen-bond donors (Lipinski definition) is 1. The van der Waals surface area contributed by atoms with Crippen LogP contribution < -0.4 is 0 Å². The van der Waals surface area contributed by atoms with Gasteiger partial charge in [-0.15, -0.1) is 11.3 Å². The molecule has 0 saturated carbocycles. The predicted octanol–water partition coefficient (Wildman–Crippen LogP) is 2.20. The Kier molecular flexibility index (Phi) is 2.63. The lowest BCUT2D eigenvalue weighted by Crippen LogP contribution is -2.01. The number of rotatable bonds is 3. The van der Waals surface area contributed by atoms with E-state index in [1.165, 1.54) is 0 Å². The highest BCUT2D eigenvalue weighted by Crippen LogP contribution is 2.31. The number of allylic oxidation sites excluding steroid dienone is 2. The van der Waals surface area contributed by atoms with Crippen molar-refractivity contribution in [1.29, 1.82) is 0 Å². The molecule has 2 rings (SSSR count). The Morgan fingerprint density at radius 2 is 2.29 bits per heavy atom. The summed E-state index contributed by atoms with van der Waals surface area (Å²) in [5, 5.41) is 11.5. The van der Waals surface area contributed by atoms with Crippen molar-refractivity contribution in [2.24, 2.45) is 0 Å². The van der Waals surface area contributed by atoms with Gasteiger partial charge in [0.1, 0.15) is 0 Å². The van der Waals surface area contributed by atoms with Crippen molar-refractivity contribution in [3.05, 3.63) is 28.2 Å². The zero-order valence-electron chi connectivity index (χ0n) is 7.64. The number of aliphatic carboxylic acids is 1. The second-order valence-corrected chi connectivity index (χ2v) is 4.28. The maximum absolute atomic E-state index is 10.5. The zero-order valence-corrected chi connectivity index (χ0v) is 8.46. The molecule has 0 amide bonds. The van der Waals surface area contributed by atoms with Crippen LogP contribution in [0.3, 0.4) is 0 Å². The monoisotopic (exact) mass is 209 g/mol. The number of carboxylic acids is 1. The molecule has 0 spiro atoms. The fraction of sp³-hybridized carbons (Fsp3) is 0.400. The molecule has 14 heavy (non-hydrogen) atoms. The van der Waals surface area contributed by atoms with Crippen LogP contribution in [-0.4, -0.2) is 16.1 Å². The number of carbonyl (C=O) groups is 1. The summed E-state index contributed by atoms with van der Waals surface area (Å²) >= 11 is 1.57. The summed E-state index contributed by atoms with van der Waals surface area (Å²) in [5.41, 5.74) is 0.685. The molecule has 4 heteroatoms. The Bertz CT molecular complexity index is 362. The molecule has 0 aliphatic heterocycles. The van der Waals surface area contributed by atoms with E-state index in [2.05, 4.69) is 17.1 Å². The van der Waals surface area contributed by atoms with Gasteiger partial charge in [0.05, 0.1) is 17.1 Å². The summed E-state index contributed by atoms with van der Waals surface area (Å²) in [6.45, 7) is 0. The topological polar surface area (TPSA) is 50.2 Å². The van der Waals surface area contributed by atoms with Gasteiger partial charge in [-0.05, 0) is 12.8 Å². The first-order chi connectivity index (χ1) is 6.75. The molecule has 1 aromatic heterocycles. The van der Waals surface area contributed by atoms with Crippen molar-refractivity contribution < 1.29 is 9.90 Å². The van der Waals surface area contributed by atoms with Gasteiger partial charge in [0.2, 0.25) is 0 Å². The van der Waals surface area contributed by atoms with Crippen molar-refractivity contribution in [3.8, 4) is 0 Å². The third kappa shape index (κ3) is 2.01. The highest BCUT2D eigenvalue weighted by molar-refractivity contribution is 7.09. The third-order valence-electron chi connectivity index (χ3n) is 2.26. The summed E-state index contributed by atoms with van der Waals surface area (Å²) in [4.78, 5) is 14.8. The van der Waals surface area contributed by atoms with Gasteiger partial charge in [-0.2, -0.15) is 0 Å². The average Bonchev–Trinajstić information content (AvgIpc) is 2.69. The summed E-state index contributed by atoms with van der Waals surface area (Å²) in [5.74, 6) is -0.325. The molecule has 1 aliphatic carbocycles. The molecular weight excluding hydrogens is 198 g/mol. The number of nitrogens with zero attached hydrogens (tertiary/aromatic N) is 1. The van der Waals surface area contributed by atoms with Crippen molar-refractivity contribution in [3.63, 3.8) is 0 Å². The second-order valence-electron chi connectivity index (χ2n) is 3.39. The SMILES string of the molecule is O=C(O)Cc1csc(C2CC=CC2)n1. The third-order valence-corrected chi connectivity index (χ3v) is 3.32. The first kappa shape index (κ1) is 9.40. The van der Waals surface area contributed by atoms with Crippen molar-refractivity contribution in [2.75, 3.05) is 0 Å². The molecular formula is C10H11NO2S. The Hall–Kier alpha value is -1.16. The Labute approximate surface area is 86.1 Å². The quantitative estimate of drug-likeness (QED) is 0.776. The van der Waals surface area contributed by atoms with Crippen LogP contribution in [0.15, 0.2) is 17.5 Å². The van der Waals surface area contributed by atoms with E-state index >= 15 is 0 Å². The van der Waals surface area contributed by atoms with Crippen LogP contribution in [0.1, 0.15) is 29.5 Å². The number of thiazole rings is 1. The Balaban J connectivity index is 2.05. The fourth-order valence-electron chi connectivity index (χ4n) is 1.57. The molecule has 0 saturated heterocycles. The van der Waals surface area contributed by atoms with Gasteiger partial charge in [-0.3, -0.25) is 4.79 Å². The van der Waals surface area contributed by atoms with Gasteiger partial charge in [-0.1, -0.05) is 12.2 Å². The number of aromatic nitrogens is 1. The van der Waals surface area contributed by atoms with Crippen LogP contribution in [0.2, 0.25) is 0 Å². The normalized spacial score (nSPS) is 16.3. The highest BCUT2D eigenvalue weighted by Gasteiger charge is 2.16. The van der Waals surface area contributed by atoms with E-state index in [4.69, 9.17) is 5.11 Å². The summed E-state index contributed by atoms with van der Waals surface area (Å²) in [6.07, 6.45) is 6.43. The largest absolute Gasteiger partial charge is 0.481 e. The Morgan fingerprint density at radius 3 is 2.93 bits per heavy atom. The van der Waals surface area contributed by atoms with Crippen LogP contribution in [0, 0.1) is 0 Å². The Morgan fingerprint density at radius 1 is 1.57 bits per heavy atom. The molecule has 0 unspecified atom stereocenters. The number of carboxylic acid groups (broad SMARTS) is 1. The van der Waals surface area contributed by atoms with Gasteiger partial charge < -0.3 is 5.11 Å². The van der Waals surface area contributed by atoms with Gasteiger partial charge in [0, 0.05) is 11.3 Å². The molecule has 1 heterocycles.